The molecule has 0 aromatic heterocycles. The Balaban J connectivity index is 1.66. The molecule has 0 aliphatic heterocycles. The fraction of sp³-hybridized carbons (Fsp3) is 0.235. The molecule has 0 atom stereocenters. The van der Waals surface area contributed by atoms with Crippen molar-refractivity contribution in [1.82, 2.24) is 5.32 Å². The van der Waals surface area contributed by atoms with Crippen molar-refractivity contribution in [1.29, 1.82) is 0 Å². The summed E-state index contributed by atoms with van der Waals surface area (Å²) in [7, 11) is 0. The van der Waals surface area contributed by atoms with E-state index in [9.17, 15) is 9.18 Å². The fourth-order valence-corrected chi connectivity index (χ4v) is 2.55. The number of benzene rings is 2. The summed E-state index contributed by atoms with van der Waals surface area (Å²) in [6, 6.07) is 11.0. The summed E-state index contributed by atoms with van der Waals surface area (Å²) >= 11 is 11.8. The highest BCUT2D eigenvalue weighted by Gasteiger charge is 2.03. The van der Waals surface area contributed by atoms with Crippen LogP contribution in [-0.4, -0.2) is 19.1 Å². The first-order chi connectivity index (χ1) is 11.0. The monoisotopic (exact) mass is 355 g/mol. The predicted molar refractivity (Wildman–Crippen MR) is 89.7 cm³/mol. The van der Waals surface area contributed by atoms with Crippen LogP contribution >= 0.6 is 23.2 Å². The lowest BCUT2D eigenvalue weighted by Gasteiger charge is -2.08. The first kappa shape index (κ1) is 17.6. The molecule has 0 spiro atoms. The van der Waals surface area contributed by atoms with E-state index < -0.39 is 0 Å². The third-order valence-electron chi connectivity index (χ3n) is 3.07. The second-order valence-corrected chi connectivity index (χ2v) is 5.80. The fourth-order valence-electron chi connectivity index (χ4n) is 1.98. The summed E-state index contributed by atoms with van der Waals surface area (Å²) in [5.41, 5.74) is 0.963. The van der Waals surface area contributed by atoms with Crippen LogP contribution in [0.2, 0.25) is 10.0 Å². The van der Waals surface area contributed by atoms with Crippen LogP contribution < -0.4 is 10.1 Å². The molecule has 0 bridgehead atoms. The molecular weight excluding hydrogens is 340 g/mol. The molecule has 0 radical (unpaired) electrons. The SMILES string of the molecule is O=C(CCOc1ccc(F)cc1)NCCc1cc(Cl)cc(Cl)c1. The van der Waals surface area contributed by atoms with Crippen LogP contribution in [0.1, 0.15) is 12.0 Å². The molecule has 0 heterocycles. The number of carbonyl (C=O) groups excluding carboxylic acids is 1. The minimum absolute atomic E-state index is 0.111. The topological polar surface area (TPSA) is 38.3 Å². The number of hydrogen-bond donors (Lipinski definition) is 1. The quantitative estimate of drug-likeness (QED) is 0.805. The van der Waals surface area contributed by atoms with Gasteiger partial charge in [-0.1, -0.05) is 23.2 Å². The average molecular weight is 356 g/mol. The molecule has 0 saturated carbocycles. The molecular formula is C17H16Cl2FNO2. The van der Waals surface area contributed by atoms with Crippen LogP contribution in [0, 0.1) is 5.82 Å². The number of hydrogen-bond acceptors (Lipinski definition) is 2. The van der Waals surface area contributed by atoms with Crippen LogP contribution in [-0.2, 0) is 11.2 Å². The molecule has 1 amide bonds. The normalized spacial score (nSPS) is 10.4. The van der Waals surface area contributed by atoms with Crippen molar-refractivity contribution in [3.63, 3.8) is 0 Å². The van der Waals surface area contributed by atoms with Gasteiger partial charge in [-0.05, 0) is 54.4 Å². The summed E-state index contributed by atoms with van der Waals surface area (Å²) in [5.74, 6) is 0.101. The van der Waals surface area contributed by atoms with Crippen molar-refractivity contribution in [3.8, 4) is 5.75 Å². The van der Waals surface area contributed by atoms with Crippen LogP contribution in [0.5, 0.6) is 5.75 Å². The zero-order chi connectivity index (χ0) is 16.7. The van der Waals surface area contributed by atoms with Crippen LogP contribution in [0.3, 0.4) is 0 Å². The Kier molecular flexibility index (Phi) is 6.68. The Bertz CT molecular complexity index is 642. The van der Waals surface area contributed by atoms with Gasteiger partial charge in [-0.2, -0.15) is 0 Å². The molecule has 0 aliphatic carbocycles. The zero-order valence-corrected chi connectivity index (χ0v) is 13.8. The van der Waals surface area contributed by atoms with Gasteiger partial charge in [0, 0.05) is 16.6 Å². The first-order valence-electron chi connectivity index (χ1n) is 7.13. The number of halogens is 3. The molecule has 2 rings (SSSR count). The standard InChI is InChI=1S/C17H16Cl2FNO2/c18-13-9-12(10-14(19)11-13)5-7-21-17(22)6-8-23-16-3-1-15(20)2-4-16/h1-4,9-11H,5-8H2,(H,21,22). The Morgan fingerprint density at radius 3 is 2.39 bits per heavy atom. The lowest BCUT2D eigenvalue weighted by Crippen LogP contribution is -2.27. The molecule has 122 valence electrons. The maximum Gasteiger partial charge on any atom is 0.223 e. The van der Waals surface area contributed by atoms with E-state index in [2.05, 4.69) is 5.32 Å². The lowest BCUT2D eigenvalue weighted by atomic mass is 10.1. The maximum absolute atomic E-state index is 12.7. The van der Waals surface area contributed by atoms with E-state index in [1.807, 2.05) is 12.1 Å². The summed E-state index contributed by atoms with van der Waals surface area (Å²) in [4.78, 5) is 11.7. The Labute approximate surface area is 144 Å². The van der Waals surface area contributed by atoms with Crippen molar-refractivity contribution in [2.24, 2.45) is 0 Å². The minimum Gasteiger partial charge on any atom is -0.493 e. The molecule has 0 unspecified atom stereocenters. The molecule has 6 heteroatoms. The van der Waals surface area contributed by atoms with Crippen LogP contribution in [0.15, 0.2) is 42.5 Å². The van der Waals surface area contributed by atoms with Gasteiger partial charge in [0.05, 0.1) is 13.0 Å². The highest BCUT2D eigenvalue weighted by molar-refractivity contribution is 6.34. The van der Waals surface area contributed by atoms with Gasteiger partial charge in [0.2, 0.25) is 5.91 Å². The predicted octanol–water partition coefficient (Wildman–Crippen LogP) is 4.26. The van der Waals surface area contributed by atoms with Crippen molar-refractivity contribution < 1.29 is 13.9 Å². The van der Waals surface area contributed by atoms with Crippen molar-refractivity contribution in [2.75, 3.05) is 13.2 Å². The number of nitrogens with one attached hydrogen (secondary N) is 1. The van der Waals surface area contributed by atoms with E-state index in [0.717, 1.165) is 5.56 Å². The van der Waals surface area contributed by atoms with E-state index in [4.69, 9.17) is 27.9 Å². The second-order valence-electron chi connectivity index (χ2n) is 4.93. The van der Waals surface area contributed by atoms with Gasteiger partial charge in [-0.3, -0.25) is 4.79 Å². The van der Waals surface area contributed by atoms with Gasteiger partial charge in [-0.25, -0.2) is 4.39 Å². The average Bonchev–Trinajstić information content (AvgIpc) is 2.48. The zero-order valence-electron chi connectivity index (χ0n) is 12.3. The highest BCUT2D eigenvalue weighted by Crippen LogP contribution is 2.19. The van der Waals surface area contributed by atoms with Gasteiger partial charge in [0.15, 0.2) is 0 Å². The Hall–Kier alpha value is -1.78. The number of rotatable bonds is 7. The molecule has 2 aromatic rings. The molecule has 1 N–H and O–H groups in total. The van der Waals surface area contributed by atoms with E-state index in [-0.39, 0.29) is 24.8 Å². The van der Waals surface area contributed by atoms with Gasteiger partial charge < -0.3 is 10.1 Å². The largest absolute Gasteiger partial charge is 0.493 e. The summed E-state index contributed by atoms with van der Waals surface area (Å²) in [6.45, 7) is 0.729. The molecule has 3 nitrogen and oxygen atoms in total. The Morgan fingerprint density at radius 1 is 1.09 bits per heavy atom. The number of carbonyl (C=O) groups is 1. The molecule has 0 fully saturated rings. The van der Waals surface area contributed by atoms with Crippen molar-refractivity contribution in [2.45, 2.75) is 12.8 Å². The van der Waals surface area contributed by atoms with Crippen molar-refractivity contribution in [3.05, 3.63) is 63.9 Å². The van der Waals surface area contributed by atoms with E-state index in [1.165, 1.54) is 24.3 Å². The van der Waals surface area contributed by atoms with Gasteiger partial charge in [-0.15, -0.1) is 0 Å². The summed E-state index contributed by atoms with van der Waals surface area (Å²) in [6.07, 6.45) is 0.874. The summed E-state index contributed by atoms with van der Waals surface area (Å²) in [5, 5.41) is 3.95. The van der Waals surface area contributed by atoms with Crippen LogP contribution in [0.4, 0.5) is 4.39 Å². The van der Waals surface area contributed by atoms with E-state index >= 15 is 0 Å². The van der Waals surface area contributed by atoms with Gasteiger partial charge >= 0.3 is 0 Å². The molecule has 2 aromatic carbocycles. The lowest BCUT2D eigenvalue weighted by molar-refractivity contribution is -0.121. The highest BCUT2D eigenvalue weighted by atomic mass is 35.5. The third kappa shape index (κ3) is 6.47. The van der Waals surface area contributed by atoms with E-state index in [1.54, 1.807) is 6.07 Å². The molecule has 0 aliphatic rings. The van der Waals surface area contributed by atoms with E-state index in [0.29, 0.717) is 28.8 Å². The number of amides is 1. The third-order valence-corrected chi connectivity index (χ3v) is 3.51. The smallest absolute Gasteiger partial charge is 0.223 e. The van der Waals surface area contributed by atoms with Crippen LogP contribution in [0.25, 0.3) is 0 Å². The second kappa shape index (κ2) is 8.75. The molecule has 0 saturated heterocycles. The Morgan fingerprint density at radius 2 is 1.74 bits per heavy atom. The van der Waals surface area contributed by atoms with Crippen molar-refractivity contribution >= 4 is 29.1 Å². The summed E-state index contributed by atoms with van der Waals surface area (Å²) < 4.78 is 18.1. The van der Waals surface area contributed by atoms with Gasteiger partial charge in [0.25, 0.3) is 0 Å². The minimum atomic E-state index is -0.323. The maximum atomic E-state index is 12.7. The van der Waals surface area contributed by atoms with Gasteiger partial charge in [0.1, 0.15) is 11.6 Å². The molecule has 23 heavy (non-hydrogen) atoms. The first-order valence-corrected chi connectivity index (χ1v) is 7.88. The number of ether oxygens (including phenoxy) is 1.